The summed E-state index contributed by atoms with van der Waals surface area (Å²) in [7, 11) is 0. The molecule has 0 bridgehead atoms. The fourth-order valence-electron chi connectivity index (χ4n) is 3.91. The van der Waals surface area contributed by atoms with Gasteiger partial charge in [0.15, 0.2) is 6.10 Å². The van der Waals surface area contributed by atoms with E-state index in [1.807, 2.05) is 48.5 Å². The third-order valence-electron chi connectivity index (χ3n) is 5.69. The topological polar surface area (TPSA) is 81.6 Å². The Bertz CT molecular complexity index is 1090. The van der Waals surface area contributed by atoms with Gasteiger partial charge in [-0.25, -0.2) is 4.98 Å². The normalized spacial score (nSPS) is 15.4. The van der Waals surface area contributed by atoms with Gasteiger partial charge in [0, 0.05) is 18.7 Å². The molecule has 1 atom stereocenters. The standard InChI is InChI=1S/C25H27N3O4/c1-3-31-25(30)19-12-14-28(15-13-19)24(29)17(2)32-20-10-8-18(9-11-20)23-16-26-21-6-4-5-7-22(21)27-23/h4-11,16-17,19H,3,12-15H2,1-2H3. The lowest BCUT2D eigenvalue weighted by atomic mass is 9.97. The predicted molar refractivity (Wildman–Crippen MR) is 121 cm³/mol. The van der Waals surface area contributed by atoms with E-state index in [1.165, 1.54) is 0 Å². The van der Waals surface area contributed by atoms with E-state index in [0.29, 0.717) is 38.3 Å². The lowest BCUT2D eigenvalue weighted by molar-refractivity contribution is -0.152. The van der Waals surface area contributed by atoms with Crippen LogP contribution < -0.4 is 4.74 Å². The number of fused-ring (bicyclic) bond motifs is 1. The summed E-state index contributed by atoms with van der Waals surface area (Å²) in [5.74, 6) is 0.252. The number of carbonyl (C=O) groups excluding carboxylic acids is 2. The van der Waals surface area contributed by atoms with Gasteiger partial charge in [-0.1, -0.05) is 12.1 Å². The maximum Gasteiger partial charge on any atom is 0.309 e. The molecule has 7 heteroatoms. The molecule has 166 valence electrons. The number of esters is 1. The van der Waals surface area contributed by atoms with Crippen LogP contribution in [-0.4, -0.2) is 52.5 Å². The Labute approximate surface area is 187 Å². The number of carbonyl (C=O) groups is 2. The van der Waals surface area contributed by atoms with Crippen molar-refractivity contribution in [3.63, 3.8) is 0 Å². The molecule has 1 unspecified atom stereocenters. The molecular weight excluding hydrogens is 406 g/mol. The predicted octanol–water partition coefficient (Wildman–Crippen LogP) is 3.87. The number of aromatic nitrogens is 2. The minimum atomic E-state index is -0.611. The van der Waals surface area contributed by atoms with Crippen molar-refractivity contribution in [2.45, 2.75) is 32.8 Å². The van der Waals surface area contributed by atoms with Crippen LogP contribution in [0.3, 0.4) is 0 Å². The number of para-hydroxylation sites is 2. The van der Waals surface area contributed by atoms with Crippen molar-refractivity contribution in [2.24, 2.45) is 5.92 Å². The fraction of sp³-hybridized carbons (Fsp3) is 0.360. The van der Waals surface area contributed by atoms with Crippen molar-refractivity contribution in [3.05, 3.63) is 54.7 Å². The molecule has 0 aliphatic carbocycles. The van der Waals surface area contributed by atoms with E-state index in [9.17, 15) is 9.59 Å². The minimum absolute atomic E-state index is 0.0724. The molecule has 4 rings (SSSR count). The van der Waals surface area contributed by atoms with Crippen LogP contribution in [0, 0.1) is 5.92 Å². The van der Waals surface area contributed by atoms with Gasteiger partial charge in [-0.2, -0.15) is 0 Å². The van der Waals surface area contributed by atoms with Crippen LogP contribution in [0.5, 0.6) is 5.75 Å². The lowest BCUT2D eigenvalue weighted by Gasteiger charge is -2.32. The minimum Gasteiger partial charge on any atom is -0.481 e. The van der Waals surface area contributed by atoms with Crippen molar-refractivity contribution in [1.29, 1.82) is 0 Å². The van der Waals surface area contributed by atoms with Gasteiger partial charge >= 0.3 is 5.97 Å². The Balaban J connectivity index is 1.34. The van der Waals surface area contributed by atoms with Gasteiger partial charge in [-0.3, -0.25) is 14.6 Å². The van der Waals surface area contributed by atoms with Gasteiger partial charge in [0.2, 0.25) is 0 Å². The molecule has 1 aromatic heterocycles. The zero-order valence-corrected chi connectivity index (χ0v) is 18.4. The average Bonchev–Trinajstić information content (AvgIpc) is 2.84. The molecule has 0 radical (unpaired) electrons. The number of amides is 1. The van der Waals surface area contributed by atoms with Gasteiger partial charge in [-0.15, -0.1) is 0 Å². The van der Waals surface area contributed by atoms with Crippen molar-refractivity contribution >= 4 is 22.9 Å². The van der Waals surface area contributed by atoms with Crippen LogP contribution >= 0.6 is 0 Å². The smallest absolute Gasteiger partial charge is 0.309 e. The molecule has 2 heterocycles. The molecule has 0 saturated carbocycles. The Morgan fingerprint density at radius 1 is 1.06 bits per heavy atom. The fourth-order valence-corrected chi connectivity index (χ4v) is 3.91. The summed E-state index contributed by atoms with van der Waals surface area (Å²) in [5, 5.41) is 0. The van der Waals surface area contributed by atoms with Gasteiger partial charge < -0.3 is 14.4 Å². The summed E-state index contributed by atoms with van der Waals surface area (Å²) < 4.78 is 11.0. The van der Waals surface area contributed by atoms with Crippen LogP contribution in [0.1, 0.15) is 26.7 Å². The molecule has 1 aliphatic rings. The number of hydrogen-bond acceptors (Lipinski definition) is 6. The van der Waals surface area contributed by atoms with Crippen molar-refractivity contribution in [3.8, 4) is 17.0 Å². The lowest BCUT2D eigenvalue weighted by Crippen LogP contribution is -2.45. The largest absolute Gasteiger partial charge is 0.481 e. The molecule has 2 aromatic carbocycles. The molecular formula is C25H27N3O4. The molecule has 32 heavy (non-hydrogen) atoms. The number of hydrogen-bond donors (Lipinski definition) is 0. The molecule has 1 amide bonds. The number of rotatable bonds is 6. The van der Waals surface area contributed by atoms with Crippen LogP contribution in [0.2, 0.25) is 0 Å². The first kappa shape index (κ1) is 21.7. The molecule has 0 spiro atoms. The summed E-state index contributed by atoms with van der Waals surface area (Å²) >= 11 is 0. The second-order valence-electron chi connectivity index (χ2n) is 7.88. The number of benzene rings is 2. The maximum atomic E-state index is 12.8. The maximum absolute atomic E-state index is 12.8. The Morgan fingerprint density at radius 2 is 1.75 bits per heavy atom. The van der Waals surface area contributed by atoms with Crippen LogP contribution in [0.15, 0.2) is 54.7 Å². The average molecular weight is 434 g/mol. The quantitative estimate of drug-likeness (QED) is 0.549. The second-order valence-corrected chi connectivity index (χ2v) is 7.88. The van der Waals surface area contributed by atoms with Crippen molar-refractivity contribution in [1.82, 2.24) is 14.9 Å². The molecule has 0 N–H and O–H groups in total. The van der Waals surface area contributed by atoms with Crippen LogP contribution in [-0.2, 0) is 14.3 Å². The Morgan fingerprint density at radius 3 is 2.44 bits per heavy atom. The Hall–Kier alpha value is -3.48. The second kappa shape index (κ2) is 9.77. The van der Waals surface area contributed by atoms with Crippen LogP contribution in [0.4, 0.5) is 0 Å². The summed E-state index contributed by atoms with van der Waals surface area (Å²) in [5.41, 5.74) is 3.41. The molecule has 1 fully saturated rings. The Kier molecular flexibility index (Phi) is 6.63. The first-order chi connectivity index (χ1) is 15.5. The van der Waals surface area contributed by atoms with E-state index < -0.39 is 6.10 Å². The highest BCUT2D eigenvalue weighted by molar-refractivity contribution is 5.81. The molecule has 1 saturated heterocycles. The molecule has 7 nitrogen and oxygen atoms in total. The zero-order valence-electron chi connectivity index (χ0n) is 18.4. The summed E-state index contributed by atoms with van der Waals surface area (Å²) in [6, 6.07) is 15.2. The van der Waals surface area contributed by atoms with Gasteiger partial charge in [0.1, 0.15) is 5.75 Å². The third-order valence-corrected chi connectivity index (χ3v) is 5.69. The SMILES string of the molecule is CCOC(=O)C1CCN(C(=O)C(C)Oc2ccc(-c3cnc4ccccc4n3)cc2)CC1. The highest BCUT2D eigenvalue weighted by Crippen LogP contribution is 2.24. The molecule has 3 aromatic rings. The van der Waals surface area contributed by atoms with E-state index in [-0.39, 0.29) is 17.8 Å². The number of ether oxygens (including phenoxy) is 2. The molecule has 1 aliphatic heterocycles. The van der Waals surface area contributed by atoms with E-state index >= 15 is 0 Å². The highest BCUT2D eigenvalue weighted by atomic mass is 16.5. The van der Waals surface area contributed by atoms with E-state index in [0.717, 1.165) is 22.3 Å². The van der Waals surface area contributed by atoms with Gasteiger partial charge in [-0.05, 0) is 63.1 Å². The van der Waals surface area contributed by atoms with E-state index in [1.54, 1.807) is 24.9 Å². The van der Waals surface area contributed by atoms with Crippen LogP contribution in [0.25, 0.3) is 22.3 Å². The third kappa shape index (κ3) is 4.88. The monoisotopic (exact) mass is 433 g/mol. The number of nitrogens with zero attached hydrogens (tertiary/aromatic N) is 3. The highest BCUT2D eigenvalue weighted by Gasteiger charge is 2.30. The zero-order chi connectivity index (χ0) is 22.5. The first-order valence-electron chi connectivity index (χ1n) is 11.0. The van der Waals surface area contributed by atoms with E-state index in [4.69, 9.17) is 9.47 Å². The summed E-state index contributed by atoms with van der Waals surface area (Å²) in [6.45, 7) is 5.01. The number of piperidine rings is 1. The van der Waals surface area contributed by atoms with E-state index in [2.05, 4.69) is 9.97 Å². The van der Waals surface area contributed by atoms with Gasteiger partial charge in [0.05, 0.1) is 35.4 Å². The van der Waals surface area contributed by atoms with Crippen molar-refractivity contribution < 1.29 is 19.1 Å². The summed E-state index contributed by atoms with van der Waals surface area (Å²) in [6.07, 6.45) is 2.39. The summed E-state index contributed by atoms with van der Waals surface area (Å²) in [4.78, 5) is 35.5. The van der Waals surface area contributed by atoms with Crippen molar-refractivity contribution in [2.75, 3.05) is 19.7 Å². The van der Waals surface area contributed by atoms with Gasteiger partial charge in [0.25, 0.3) is 5.91 Å². The number of likely N-dealkylation sites (tertiary alicyclic amines) is 1. The first-order valence-corrected chi connectivity index (χ1v) is 11.0.